The van der Waals surface area contributed by atoms with Gasteiger partial charge in [-0.1, -0.05) is 23.7 Å². The van der Waals surface area contributed by atoms with E-state index in [9.17, 15) is 4.79 Å². The largest absolute Gasteiger partial charge is 0.353 e. The van der Waals surface area contributed by atoms with Gasteiger partial charge in [0.25, 0.3) is 5.91 Å². The van der Waals surface area contributed by atoms with Gasteiger partial charge in [-0.05, 0) is 51.4 Å². The van der Waals surface area contributed by atoms with E-state index in [4.69, 9.17) is 11.6 Å². The quantitative estimate of drug-likeness (QED) is 0.924. The highest BCUT2D eigenvalue weighted by atomic mass is 35.5. The first-order valence-corrected chi connectivity index (χ1v) is 7.99. The average Bonchev–Trinajstić information content (AvgIpc) is 2.63. The third kappa shape index (κ3) is 3.05. The van der Waals surface area contributed by atoms with E-state index in [1.165, 1.54) is 0 Å². The van der Waals surface area contributed by atoms with Crippen LogP contribution < -0.4 is 10.2 Å². The third-order valence-electron chi connectivity index (χ3n) is 4.25. The lowest BCUT2D eigenvalue weighted by Gasteiger charge is -2.29. The molecule has 1 N–H and O–H groups in total. The van der Waals surface area contributed by atoms with Gasteiger partial charge in [0, 0.05) is 17.6 Å². The first kappa shape index (κ1) is 15.8. The minimum atomic E-state index is 0.00266. The fraction of sp³-hybridized carbons (Fsp3) is 0.278. The standard InChI is InChI=1S/C18H20ClN3O/c1-12(21(2)3)11-22-17-9-8-13(19)10-16(17)20-15-7-5-4-6-14(15)18(22)23/h4-10,12,20H,11H2,1-3H3. The molecule has 3 rings (SSSR count). The van der Waals surface area contributed by atoms with Crippen LogP contribution in [0.5, 0.6) is 0 Å². The van der Waals surface area contributed by atoms with Crippen molar-refractivity contribution in [3.05, 3.63) is 53.1 Å². The van der Waals surface area contributed by atoms with Crippen LogP contribution in [0.4, 0.5) is 17.1 Å². The molecule has 0 spiro atoms. The lowest BCUT2D eigenvalue weighted by molar-refractivity contribution is 0.0982. The predicted molar refractivity (Wildman–Crippen MR) is 96.0 cm³/mol. The zero-order chi connectivity index (χ0) is 16.6. The second-order valence-electron chi connectivity index (χ2n) is 6.06. The van der Waals surface area contributed by atoms with E-state index in [0.29, 0.717) is 17.1 Å². The highest BCUT2D eigenvalue weighted by Crippen LogP contribution is 2.37. The zero-order valence-corrected chi connectivity index (χ0v) is 14.3. The Bertz CT molecular complexity index is 745. The summed E-state index contributed by atoms with van der Waals surface area (Å²) in [7, 11) is 4.03. The number of nitrogens with one attached hydrogen (secondary N) is 1. The number of hydrogen-bond donors (Lipinski definition) is 1. The number of halogens is 1. The zero-order valence-electron chi connectivity index (χ0n) is 13.5. The number of amides is 1. The van der Waals surface area contributed by atoms with Gasteiger partial charge in [-0.3, -0.25) is 4.79 Å². The number of likely N-dealkylation sites (N-methyl/N-ethyl adjacent to an activating group) is 1. The molecule has 0 aliphatic carbocycles. The van der Waals surface area contributed by atoms with Crippen molar-refractivity contribution >= 4 is 34.6 Å². The monoisotopic (exact) mass is 329 g/mol. The van der Waals surface area contributed by atoms with Crippen molar-refractivity contribution in [2.45, 2.75) is 13.0 Å². The summed E-state index contributed by atoms with van der Waals surface area (Å²) in [4.78, 5) is 17.0. The first-order valence-electron chi connectivity index (χ1n) is 7.61. The van der Waals surface area contributed by atoms with E-state index in [1.807, 2.05) is 61.5 Å². The Balaban J connectivity index is 2.11. The first-order chi connectivity index (χ1) is 11.0. The molecular formula is C18H20ClN3O. The Kier molecular flexibility index (Phi) is 4.28. The number of carbonyl (C=O) groups is 1. The lowest BCUT2D eigenvalue weighted by atomic mass is 10.1. The van der Waals surface area contributed by atoms with Crippen LogP contribution in [0.25, 0.3) is 0 Å². The maximum Gasteiger partial charge on any atom is 0.260 e. The van der Waals surface area contributed by atoms with Gasteiger partial charge in [-0.2, -0.15) is 0 Å². The van der Waals surface area contributed by atoms with E-state index in [2.05, 4.69) is 17.1 Å². The molecule has 0 fully saturated rings. The summed E-state index contributed by atoms with van der Waals surface area (Å²) in [5.41, 5.74) is 3.18. The molecule has 0 aromatic heterocycles. The van der Waals surface area contributed by atoms with Crippen LogP contribution in [0.1, 0.15) is 17.3 Å². The fourth-order valence-corrected chi connectivity index (χ4v) is 2.80. The molecule has 0 radical (unpaired) electrons. The molecule has 1 aliphatic heterocycles. The topological polar surface area (TPSA) is 35.6 Å². The molecule has 2 aromatic carbocycles. The Labute approximate surface area is 141 Å². The highest BCUT2D eigenvalue weighted by molar-refractivity contribution is 6.31. The Morgan fingerprint density at radius 1 is 1.17 bits per heavy atom. The number of rotatable bonds is 3. The van der Waals surface area contributed by atoms with Crippen molar-refractivity contribution in [2.24, 2.45) is 0 Å². The van der Waals surface area contributed by atoms with Crippen molar-refractivity contribution < 1.29 is 4.79 Å². The molecule has 5 heteroatoms. The molecular weight excluding hydrogens is 310 g/mol. The van der Waals surface area contributed by atoms with Gasteiger partial charge in [0.2, 0.25) is 0 Å². The van der Waals surface area contributed by atoms with E-state index in [-0.39, 0.29) is 11.9 Å². The molecule has 1 aliphatic rings. The van der Waals surface area contributed by atoms with E-state index in [0.717, 1.165) is 17.1 Å². The Morgan fingerprint density at radius 3 is 2.65 bits per heavy atom. The molecule has 1 heterocycles. The van der Waals surface area contributed by atoms with E-state index in [1.54, 1.807) is 0 Å². The summed E-state index contributed by atoms with van der Waals surface area (Å²) in [6, 6.07) is 13.4. The predicted octanol–water partition coefficient (Wildman–Crippen LogP) is 3.99. The van der Waals surface area contributed by atoms with Crippen LogP contribution in [-0.4, -0.2) is 37.5 Å². The summed E-state index contributed by atoms with van der Waals surface area (Å²) in [5.74, 6) is 0.00266. The minimum Gasteiger partial charge on any atom is -0.353 e. The molecule has 1 unspecified atom stereocenters. The van der Waals surface area contributed by atoms with Crippen LogP contribution in [-0.2, 0) is 0 Å². The molecule has 23 heavy (non-hydrogen) atoms. The van der Waals surface area contributed by atoms with Gasteiger partial charge in [-0.15, -0.1) is 0 Å². The normalized spacial score (nSPS) is 14.8. The number of benzene rings is 2. The van der Waals surface area contributed by atoms with Gasteiger partial charge < -0.3 is 15.1 Å². The number of nitrogens with zero attached hydrogens (tertiary/aromatic N) is 2. The highest BCUT2D eigenvalue weighted by Gasteiger charge is 2.28. The molecule has 0 saturated heterocycles. The molecule has 0 saturated carbocycles. The van der Waals surface area contributed by atoms with Gasteiger partial charge in [0.1, 0.15) is 0 Å². The molecule has 4 nitrogen and oxygen atoms in total. The minimum absolute atomic E-state index is 0.00266. The SMILES string of the molecule is CC(CN1C(=O)c2ccccc2Nc2cc(Cl)ccc21)N(C)C. The summed E-state index contributed by atoms with van der Waals surface area (Å²) < 4.78 is 0. The lowest BCUT2D eigenvalue weighted by Crippen LogP contribution is -2.41. The molecule has 0 bridgehead atoms. The maximum atomic E-state index is 13.1. The maximum absolute atomic E-state index is 13.1. The number of para-hydroxylation sites is 1. The summed E-state index contributed by atoms with van der Waals surface area (Å²) in [6.07, 6.45) is 0. The third-order valence-corrected chi connectivity index (χ3v) is 4.48. The van der Waals surface area contributed by atoms with Crippen molar-refractivity contribution in [3.8, 4) is 0 Å². The second-order valence-corrected chi connectivity index (χ2v) is 6.50. The van der Waals surface area contributed by atoms with Gasteiger partial charge in [-0.25, -0.2) is 0 Å². The fourth-order valence-electron chi connectivity index (χ4n) is 2.63. The summed E-state index contributed by atoms with van der Waals surface area (Å²) in [6.45, 7) is 2.71. The molecule has 1 atom stereocenters. The molecule has 1 amide bonds. The van der Waals surface area contributed by atoms with Gasteiger partial charge in [0.15, 0.2) is 0 Å². The van der Waals surface area contributed by atoms with Crippen molar-refractivity contribution in [3.63, 3.8) is 0 Å². The number of carbonyl (C=O) groups excluding carboxylic acids is 1. The number of hydrogen-bond acceptors (Lipinski definition) is 3. The van der Waals surface area contributed by atoms with Gasteiger partial charge in [0.05, 0.1) is 22.6 Å². The van der Waals surface area contributed by atoms with Crippen LogP contribution in [0, 0.1) is 0 Å². The van der Waals surface area contributed by atoms with E-state index >= 15 is 0 Å². The number of fused-ring (bicyclic) bond motifs is 2. The molecule has 2 aromatic rings. The average molecular weight is 330 g/mol. The Morgan fingerprint density at radius 2 is 1.91 bits per heavy atom. The van der Waals surface area contributed by atoms with Crippen LogP contribution in [0.3, 0.4) is 0 Å². The Hall–Kier alpha value is -2.04. The second kappa shape index (κ2) is 6.22. The van der Waals surface area contributed by atoms with Crippen LogP contribution in [0.15, 0.2) is 42.5 Å². The summed E-state index contributed by atoms with van der Waals surface area (Å²) in [5, 5.41) is 3.99. The van der Waals surface area contributed by atoms with Crippen LogP contribution >= 0.6 is 11.6 Å². The van der Waals surface area contributed by atoms with Crippen molar-refractivity contribution in [1.29, 1.82) is 0 Å². The van der Waals surface area contributed by atoms with Crippen LogP contribution in [0.2, 0.25) is 5.02 Å². The summed E-state index contributed by atoms with van der Waals surface area (Å²) >= 11 is 6.15. The molecule has 120 valence electrons. The van der Waals surface area contributed by atoms with E-state index < -0.39 is 0 Å². The van der Waals surface area contributed by atoms with Gasteiger partial charge >= 0.3 is 0 Å². The van der Waals surface area contributed by atoms with Crippen molar-refractivity contribution in [1.82, 2.24) is 4.90 Å². The van der Waals surface area contributed by atoms with Crippen molar-refractivity contribution in [2.75, 3.05) is 30.9 Å². The smallest absolute Gasteiger partial charge is 0.260 e. The number of anilines is 3.